The molecule has 2 fully saturated rings. The molecule has 0 N–H and O–H groups in total. The maximum Gasteiger partial charge on any atom is 0.398 e. The molecule has 0 aliphatic heterocycles. The zero-order valence-electron chi connectivity index (χ0n) is 12.8. The fraction of sp³-hybridized carbons (Fsp3) is 0.706. The molecule has 1 aromatic rings. The van der Waals surface area contributed by atoms with Crippen molar-refractivity contribution in [3.8, 4) is 12.3 Å². The van der Waals surface area contributed by atoms with Crippen molar-refractivity contribution in [1.82, 2.24) is 9.78 Å². The van der Waals surface area contributed by atoms with Gasteiger partial charge in [-0.25, -0.2) is 0 Å². The minimum atomic E-state index is -4.17. The van der Waals surface area contributed by atoms with Crippen molar-refractivity contribution >= 4 is 0 Å². The van der Waals surface area contributed by atoms with Gasteiger partial charge >= 0.3 is 6.18 Å². The van der Waals surface area contributed by atoms with Crippen molar-refractivity contribution in [3.05, 3.63) is 18.0 Å². The zero-order valence-corrected chi connectivity index (χ0v) is 12.8. The van der Waals surface area contributed by atoms with Gasteiger partial charge in [0.1, 0.15) is 0 Å². The van der Waals surface area contributed by atoms with E-state index in [2.05, 4.69) is 17.9 Å². The van der Waals surface area contributed by atoms with Crippen LogP contribution < -0.4 is 0 Å². The molecule has 0 aromatic carbocycles. The third-order valence-electron chi connectivity index (χ3n) is 5.59. The molecular formula is C17H23F3N2. The summed E-state index contributed by atoms with van der Waals surface area (Å²) in [5.41, 5.74) is -1.05. The van der Waals surface area contributed by atoms with E-state index in [1.54, 1.807) is 10.9 Å². The highest BCUT2D eigenvalue weighted by molar-refractivity contribution is 5.30. The molecule has 2 aliphatic carbocycles. The van der Waals surface area contributed by atoms with E-state index in [-0.39, 0.29) is 19.7 Å². The maximum absolute atomic E-state index is 13.1. The van der Waals surface area contributed by atoms with E-state index in [0.717, 1.165) is 25.7 Å². The van der Waals surface area contributed by atoms with E-state index in [1.165, 1.54) is 6.20 Å². The molecule has 22 heavy (non-hydrogen) atoms. The molecule has 0 amide bonds. The fourth-order valence-corrected chi connectivity index (χ4v) is 3.90. The van der Waals surface area contributed by atoms with E-state index in [1.807, 2.05) is 0 Å². The monoisotopic (exact) mass is 312 g/mol. The van der Waals surface area contributed by atoms with Crippen LogP contribution in [0.15, 0.2) is 12.4 Å². The van der Waals surface area contributed by atoms with Crippen LogP contribution in [0.2, 0.25) is 0 Å². The predicted molar refractivity (Wildman–Crippen MR) is 80.2 cm³/mol. The lowest BCUT2D eigenvalue weighted by atomic mass is 9.59. The molecular weight excluding hydrogens is 289 g/mol. The third-order valence-corrected chi connectivity index (χ3v) is 5.59. The lowest BCUT2D eigenvalue weighted by molar-refractivity contribution is -0.160. The number of rotatable bonds is 5. The summed E-state index contributed by atoms with van der Waals surface area (Å²) in [6.07, 6.45) is 8.57. The molecule has 2 aliphatic rings. The molecule has 2 nitrogen and oxygen atoms in total. The van der Waals surface area contributed by atoms with Crippen molar-refractivity contribution in [1.29, 1.82) is 0 Å². The topological polar surface area (TPSA) is 17.8 Å². The first-order chi connectivity index (χ1) is 10.3. The molecule has 122 valence electrons. The SMILES string of the molecule is C#CCC1(CC)CC(Cn2cc(C3(C(F)(F)F)CC3)cn2)C1.[HH]. The quantitative estimate of drug-likeness (QED) is 0.729. The van der Waals surface area contributed by atoms with Gasteiger partial charge in [-0.05, 0) is 43.4 Å². The van der Waals surface area contributed by atoms with Gasteiger partial charge in [0.05, 0.1) is 11.6 Å². The van der Waals surface area contributed by atoms with Crippen LogP contribution >= 0.6 is 0 Å². The van der Waals surface area contributed by atoms with Gasteiger partial charge in [0.15, 0.2) is 0 Å². The summed E-state index contributed by atoms with van der Waals surface area (Å²) in [5, 5.41) is 4.15. The van der Waals surface area contributed by atoms with Crippen molar-refractivity contribution < 1.29 is 14.6 Å². The first kappa shape index (κ1) is 15.5. The Morgan fingerprint density at radius 2 is 2.14 bits per heavy atom. The summed E-state index contributed by atoms with van der Waals surface area (Å²) in [6, 6.07) is 0. The minimum absolute atomic E-state index is 0. The van der Waals surface area contributed by atoms with E-state index in [0.29, 0.717) is 18.0 Å². The molecule has 2 saturated carbocycles. The largest absolute Gasteiger partial charge is 0.398 e. The van der Waals surface area contributed by atoms with Crippen LogP contribution in [0.1, 0.15) is 52.4 Å². The van der Waals surface area contributed by atoms with Crippen LogP contribution in [-0.4, -0.2) is 16.0 Å². The molecule has 3 rings (SSSR count). The number of nitrogens with zero attached hydrogens (tertiary/aromatic N) is 2. The number of halogens is 3. The van der Waals surface area contributed by atoms with Gasteiger partial charge in [0, 0.05) is 26.2 Å². The summed E-state index contributed by atoms with van der Waals surface area (Å²) in [5.74, 6) is 3.22. The molecule has 1 aromatic heterocycles. The first-order valence-electron chi connectivity index (χ1n) is 7.87. The van der Waals surface area contributed by atoms with Crippen molar-refractivity contribution in [2.45, 2.75) is 63.6 Å². The summed E-state index contributed by atoms with van der Waals surface area (Å²) in [7, 11) is 0. The van der Waals surface area contributed by atoms with Crippen LogP contribution in [0.25, 0.3) is 0 Å². The summed E-state index contributed by atoms with van der Waals surface area (Å²) < 4.78 is 41.0. The Kier molecular flexibility index (Phi) is 3.54. The minimum Gasteiger partial charge on any atom is -0.272 e. The van der Waals surface area contributed by atoms with Crippen molar-refractivity contribution in [3.63, 3.8) is 0 Å². The van der Waals surface area contributed by atoms with E-state index < -0.39 is 11.6 Å². The van der Waals surface area contributed by atoms with Gasteiger partial charge in [-0.1, -0.05) is 6.92 Å². The highest BCUT2D eigenvalue weighted by atomic mass is 19.4. The van der Waals surface area contributed by atoms with Gasteiger partial charge in [-0.15, -0.1) is 12.3 Å². The van der Waals surface area contributed by atoms with Crippen LogP contribution in [0.4, 0.5) is 13.2 Å². The lowest BCUT2D eigenvalue weighted by Crippen LogP contribution is -2.38. The molecule has 0 saturated heterocycles. The molecule has 0 unspecified atom stereocenters. The lowest BCUT2D eigenvalue weighted by Gasteiger charge is -2.46. The second-order valence-corrected chi connectivity index (χ2v) is 7.04. The Labute approximate surface area is 130 Å². The molecule has 0 spiro atoms. The van der Waals surface area contributed by atoms with Gasteiger partial charge in [-0.2, -0.15) is 18.3 Å². The highest BCUT2D eigenvalue weighted by Crippen LogP contribution is 2.59. The standard InChI is InChI=1S/C17H21F3N2.H2/c1-3-5-15(4-2)8-13(9-15)11-22-12-14(10-21-22)16(6-7-16)17(18,19)20;/h1,10,12-13H,4-9,11H2,2H3;1H. The fourth-order valence-electron chi connectivity index (χ4n) is 3.90. The van der Waals surface area contributed by atoms with Gasteiger partial charge in [0.2, 0.25) is 0 Å². The molecule has 5 heteroatoms. The molecule has 0 radical (unpaired) electrons. The van der Waals surface area contributed by atoms with Gasteiger partial charge < -0.3 is 0 Å². The first-order valence-corrected chi connectivity index (χ1v) is 7.87. The number of terminal acetylenes is 1. The summed E-state index contributed by atoms with van der Waals surface area (Å²) in [4.78, 5) is 0. The van der Waals surface area contributed by atoms with Crippen molar-refractivity contribution in [2.24, 2.45) is 11.3 Å². The van der Waals surface area contributed by atoms with Crippen LogP contribution in [-0.2, 0) is 12.0 Å². The number of alkyl halides is 3. The Morgan fingerprint density at radius 1 is 1.45 bits per heavy atom. The second-order valence-electron chi connectivity index (χ2n) is 7.04. The smallest absolute Gasteiger partial charge is 0.272 e. The third kappa shape index (κ3) is 2.43. The van der Waals surface area contributed by atoms with Crippen LogP contribution in [0.3, 0.4) is 0 Å². The van der Waals surface area contributed by atoms with E-state index in [9.17, 15) is 13.2 Å². The van der Waals surface area contributed by atoms with Gasteiger partial charge in [-0.3, -0.25) is 4.68 Å². The van der Waals surface area contributed by atoms with Crippen LogP contribution in [0.5, 0.6) is 0 Å². The Morgan fingerprint density at radius 3 is 2.64 bits per heavy atom. The van der Waals surface area contributed by atoms with E-state index >= 15 is 0 Å². The number of hydrogen-bond donors (Lipinski definition) is 0. The Balaban J connectivity index is 0.00000192. The highest BCUT2D eigenvalue weighted by Gasteiger charge is 2.64. The van der Waals surface area contributed by atoms with Gasteiger partial charge in [0.25, 0.3) is 0 Å². The molecule has 1 heterocycles. The Hall–Kier alpha value is -1.44. The summed E-state index contributed by atoms with van der Waals surface area (Å²) >= 11 is 0. The van der Waals surface area contributed by atoms with E-state index in [4.69, 9.17) is 6.42 Å². The Bertz CT molecular complexity index is 590. The maximum atomic E-state index is 13.1. The molecule has 0 bridgehead atoms. The average molecular weight is 312 g/mol. The summed E-state index contributed by atoms with van der Waals surface area (Å²) in [6.45, 7) is 2.85. The average Bonchev–Trinajstić information content (AvgIpc) is 3.11. The number of aromatic nitrogens is 2. The zero-order chi connectivity index (χ0) is 16.0. The predicted octanol–water partition coefficient (Wildman–Crippen LogP) is 4.55. The van der Waals surface area contributed by atoms with Crippen LogP contribution in [0, 0.1) is 23.7 Å². The normalized spacial score (nSPS) is 29.7. The van der Waals surface area contributed by atoms with Crippen molar-refractivity contribution in [2.75, 3.05) is 0 Å². The second kappa shape index (κ2) is 5.04. The molecule has 0 atom stereocenters. The number of hydrogen-bond acceptors (Lipinski definition) is 1.